The highest BCUT2D eigenvalue weighted by Gasteiger charge is 2.18. The van der Waals surface area contributed by atoms with E-state index < -0.39 is 6.61 Å². The number of carbonyl (C=O) groups is 1. The van der Waals surface area contributed by atoms with Crippen LogP contribution in [0.1, 0.15) is 23.2 Å². The average Bonchev–Trinajstić information content (AvgIpc) is 2.48. The minimum Gasteiger partial charge on any atom is -0.493 e. The molecule has 1 fully saturated rings. The summed E-state index contributed by atoms with van der Waals surface area (Å²) in [6.07, 6.45) is 1.93. The van der Waals surface area contributed by atoms with Gasteiger partial charge in [0.05, 0.1) is 7.11 Å². The molecule has 22 heavy (non-hydrogen) atoms. The van der Waals surface area contributed by atoms with E-state index in [0.29, 0.717) is 5.56 Å². The van der Waals surface area contributed by atoms with Gasteiger partial charge in [-0.3, -0.25) is 4.79 Å². The lowest BCUT2D eigenvalue weighted by molar-refractivity contribution is -0.0512. The lowest BCUT2D eigenvalue weighted by atomic mass is 10.1. The van der Waals surface area contributed by atoms with Gasteiger partial charge in [-0.25, -0.2) is 0 Å². The van der Waals surface area contributed by atoms with E-state index in [4.69, 9.17) is 4.74 Å². The highest BCUT2D eigenvalue weighted by molar-refractivity contribution is 5.95. The Balaban J connectivity index is 0.00000242. The smallest absolute Gasteiger partial charge is 0.387 e. The number of alkyl halides is 2. The SMILES string of the molecule is COc1cc(C(=O)N[C@H]2CCCNC2)ccc1OC(F)F.Cl. The summed E-state index contributed by atoms with van der Waals surface area (Å²) in [6.45, 7) is -1.25. The van der Waals surface area contributed by atoms with Crippen molar-refractivity contribution < 1.29 is 23.0 Å². The van der Waals surface area contributed by atoms with Crippen molar-refractivity contribution in [2.45, 2.75) is 25.5 Å². The molecular formula is C14H19ClF2N2O3. The van der Waals surface area contributed by atoms with Gasteiger partial charge in [0, 0.05) is 18.2 Å². The summed E-state index contributed by atoms with van der Waals surface area (Å²) in [5, 5.41) is 6.10. The van der Waals surface area contributed by atoms with Crippen LogP contribution in [0.25, 0.3) is 0 Å². The number of amides is 1. The van der Waals surface area contributed by atoms with E-state index in [-0.39, 0.29) is 35.9 Å². The standard InChI is InChI=1S/C14H18F2N2O3.ClH/c1-20-12-7-9(4-5-11(12)21-14(15)16)13(19)18-10-3-2-6-17-8-10;/h4-5,7,10,14,17H,2-3,6,8H2,1H3,(H,18,19);1H/t10-;/m0./s1. The molecular weight excluding hydrogens is 318 g/mol. The molecule has 0 aromatic heterocycles. The van der Waals surface area contributed by atoms with Crippen LogP contribution in [0.5, 0.6) is 11.5 Å². The zero-order chi connectivity index (χ0) is 15.2. The summed E-state index contributed by atoms with van der Waals surface area (Å²) < 4.78 is 33.8. The van der Waals surface area contributed by atoms with Crippen LogP contribution in [0, 0.1) is 0 Å². The van der Waals surface area contributed by atoms with Crippen LogP contribution in [0.15, 0.2) is 18.2 Å². The molecule has 1 aliphatic heterocycles. The maximum atomic E-state index is 12.2. The normalized spacial score (nSPS) is 17.5. The Morgan fingerprint density at radius 3 is 2.77 bits per heavy atom. The zero-order valence-corrected chi connectivity index (χ0v) is 12.9. The van der Waals surface area contributed by atoms with Crippen LogP contribution in [-0.4, -0.2) is 38.8 Å². The second-order valence-electron chi connectivity index (χ2n) is 4.76. The zero-order valence-electron chi connectivity index (χ0n) is 12.1. The van der Waals surface area contributed by atoms with Gasteiger partial charge < -0.3 is 20.1 Å². The molecule has 1 heterocycles. The first-order chi connectivity index (χ1) is 10.1. The second kappa shape index (κ2) is 8.75. The van der Waals surface area contributed by atoms with E-state index in [1.807, 2.05) is 0 Å². The van der Waals surface area contributed by atoms with Gasteiger partial charge in [-0.15, -0.1) is 12.4 Å². The van der Waals surface area contributed by atoms with Crippen LogP contribution >= 0.6 is 12.4 Å². The molecule has 5 nitrogen and oxygen atoms in total. The number of benzene rings is 1. The fourth-order valence-corrected chi connectivity index (χ4v) is 2.25. The Hall–Kier alpha value is -1.60. The van der Waals surface area contributed by atoms with E-state index in [2.05, 4.69) is 15.4 Å². The Morgan fingerprint density at radius 1 is 1.41 bits per heavy atom. The molecule has 0 bridgehead atoms. The summed E-state index contributed by atoms with van der Waals surface area (Å²) in [7, 11) is 1.33. The van der Waals surface area contributed by atoms with Crippen molar-refractivity contribution in [1.82, 2.24) is 10.6 Å². The third kappa shape index (κ3) is 4.99. The molecule has 0 spiro atoms. The van der Waals surface area contributed by atoms with Crippen molar-refractivity contribution in [3.8, 4) is 11.5 Å². The van der Waals surface area contributed by atoms with E-state index in [0.717, 1.165) is 25.9 Å². The molecule has 1 saturated heterocycles. The Bertz CT molecular complexity index is 497. The molecule has 0 saturated carbocycles. The quantitative estimate of drug-likeness (QED) is 0.865. The highest BCUT2D eigenvalue weighted by atomic mass is 35.5. The summed E-state index contributed by atoms with van der Waals surface area (Å²) in [5.41, 5.74) is 0.346. The maximum absolute atomic E-state index is 12.2. The molecule has 8 heteroatoms. The minimum absolute atomic E-state index is 0. The molecule has 0 unspecified atom stereocenters. The van der Waals surface area contributed by atoms with Gasteiger partial charge in [0.1, 0.15) is 0 Å². The first-order valence-corrected chi connectivity index (χ1v) is 6.74. The summed E-state index contributed by atoms with van der Waals surface area (Å²) >= 11 is 0. The van der Waals surface area contributed by atoms with Gasteiger partial charge >= 0.3 is 6.61 Å². The number of hydrogen-bond acceptors (Lipinski definition) is 4. The first-order valence-electron chi connectivity index (χ1n) is 6.74. The van der Waals surface area contributed by atoms with Gasteiger partial charge in [-0.1, -0.05) is 0 Å². The van der Waals surface area contributed by atoms with Gasteiger partial charge in [0.2, 0.25) is 0 Å². The second-order valence-corrected chi connectivity index (χ2v) is 4.76. The summed E-state index contributed by atoms with van der Waals surface area (Å²) in [6, 6.07) is 4.21. The van der Waals surface area contributed by atoms with E-state index in [1.54, 1.807) is 0 Å². The number of hydrogen-bond donors (Lipinski definition) is 2. The summed E-state index contributed by atoms with van der Waals surface area (Å²) in [4.78, 5) is 12.1. The van der Waals surface area contributed by atoms with Crippen molar-refractivity contribution in [1.29, 1.82) is 0 Å². The lowest BCUT2D eigenvalue weighted by Crippen LogP contribution is -2.45. The molecule has 1 aromatic rings. The third-order valence-corrected chi connectivity index (χ3v) is 3.27. The maximum Gasteiger partial charge on any atom is 0.387 e. The first kappa shape index (κ1) is 18.4. The van der Waals surface area contributed by atoms with Crippen molar-refractivity contribution in [2.24, 2.45) is 0 Å². The molecule has 0 radical (unpaired) electrons. The predicted molar refractivity (Wildman–Crippen MR) is 80.2 cm³/mol. The summed E-state index contributed by atoms with van der Waals surface area (Å²) in [5.74, 6) is -0.251. The Morgan fingerprint density at radius 2 is 2.18 bits per heavy atom. The van der Waals surface area contributed by atoms with Crippen LogP contribution in [0.2, 0.25) is 0 Å². The monoisotopic (exact) mass is 336 g/mol. The van der Waals surface area contributed by atoms with E-state index in [1.165, 1.54) is 25.3 Å². The molecule has 124 valence electrons. The van der Waals surface area contributed by atoms with Crippen LogP contribution in [0.3, 0.4) is 0 Å². The fourth-order valence-electron chi connectivity index (χ4n) is 2.25. The van der Waals surface area contributed by atoms with E-state index >= 15 is 0 Å². The predicted octanol–water partition coefficient (Wildman–Crippen LogP) is 2.20. The van der Waals surface area contributed by atoms with Crippen molar-refractivity contribution in [3.05, 3.63) is 23.8 Å². The fraction of sp³-hybridized carbons (Fsp3) is 0.500. The van der Waals surface area contributed by atoms with Crippen LogP contribution in [0.4, 0.5) is 8.78 Å². The Kier molecular flexibility index (Phi) is 7.34. The molecule has 2 N–H and O–H groups in total. The lowest BCUT2D eigenvalue weighted by Gasteiger charge is -2.24. The molecule has 1 aromatic carbocycles. The number of rotatable bonds is 5. The largest absolute Gasteiger partial charge is 0.493 e. The van der Waals surface area contributed by atoms with Crippen molar-refractivity contribution in [3.63, 3.8) is 0 Å². The number of piperidine rings is 1. The molecule has 2 rings (SSSR count). The number of methoxy groups -OCH3 is 1. The van der Waals surface area contributed by atoms with Gasteiger partial charge in [-0.05, 0) is 37.6 Å². The third-order valence-electron chi connectivity index (χ3n) is 3.27. The van der Waals surface area contributed by atoms with Crippen LogP contribution in [-0.2, 0) is 0 Å². The Labute approximate surface area is 133 Å². The number of halogens is 3. The van der Waals surface area contributed by atoms with Gasteiger partial charge in [-0.2, -0.15) is 8.78 Å². The van der Waals surface area contributed by atoms with Crippen molar-refractivity contribution >= 4 is 18.3 Å². The molecule has 1 aliphatic rings. The highest BCUT2D eigenvalue weighted by Crippen LogP contribution is 2.29. The number of nitrogens with one attached hydrogen (secondary N) is 2. The topological polar surface area (TPSA) is 59.6 Å². The molecule has 1 atom stereocenters. The van der Waals surface area contributed by atoms with Crippen molar-refractivity contribution in [2.75, 3.05) is 20.2 Å². The van der Waals surface area contributed by atoms with Gasteiger partial charge in [0.15, 0.2) is 11.5 Å². The molecule has 0 aliphatic carbocycles. The minimum atomic E-state index is -2.94. The van der Waals surface area contributed by atoms with Crippen LogP contribution < -0.4 is 20.1 Å². The van der Waals surface area contributed by atoms with Gasteiger partial charge in [0.25, 0.3) is 5.91 Å². The van der Waals surface area contributed by atoms with E-state index in [9.17, 15) is 13.6 Å². The average molecular weight is 337 g/mol. The molecule has 1 amide bonds. The number of carbonyl (C=O) groups excluding carboxylic acids is 1. The number of ether oxygens (including phenoxy) is 2.